The van der Waals surface area contributed by atoms with Crippen molar-refractivity contribution in [2.24, 2.45) is 4.99 Å². The Kier molecular flexibility index (Phi) is 8.89. The highest BCUT2D eigenvalue weighted by atomic mass is 32.2. The van der Waals surface area contributed by atoms with Gasteiger partial charge in [0.15, 0.2) is 5.17 Å². The molecule has 1 N–H and O–H groups in total. The maximum atomic E-state index is 9.77. The smallest absolute Gasteiger partial charge is 0.169 e. The zero-order chi connectivity index (χ0) is 25.2. The summed E-state index contributed by atoms with van der Waals surface area (Å²) in [7, 11) is 3.34. The number of aromatic hydroxyl groups is 1. The van der Waals surface area contributed by atoms with Gasteiger partial charge in [-0.2, -0.15) is 0 Å². The van der Waals surface area contributed by atoms with Crippen molar-refractivity contribution >= 4 is 22.6 Å². The summed E-state index contributed by atoms with van der Waals surface area (Å²) < 4.78 is 10.6. The third-order valence-corrected chi connectivity index (χ3v) is 6.70. The number of phenols is 1. The SMILES string of the molecule is COc1ccc(CCN(Cc2ccc(O)cc2)C(=Nc2ccc(OC)cc2)Sc2ccccc2)cc1. The zero-order valence-electron chi connectivity index (χ0n) is 20.5. The van der Waals surface area contributed by atoms with Gasteiger partial charge in [-0.1, -0.05) is 54.2 Å². The van der Waals surface area contributed by atoms with E-state index >= 15 is 0 Å². The van der Waals surface area contributed by atoms with E-state index < -0.39 is 0 Å². The molecule has 0 atom stereocenters. The molecule has 6 heteroatoms. The van der Waals surface area contributed by atoms with Crippen LogP contribution in [0.4, 0.5) is 5.69 Å². The van der Waals surface area contributed by atoms with Gasteiger partial charge in [-0.3, -0.25) is 0 Å². The van der Waals surface area contributed by atoms with E-state index in [9.17, 15) is 5.11 Å². The second-order valence-corrected chi connectivity index (χ2v) is 9.23. The van der Waals surface area contributed by atoms with E-state index in [2.05, 4.69) is 29.2 Å². The van der Waals surface area contributed by atoms with Crippen molar-refractivity contribution in [3.63, 3.8) is 0 Å². The third kappa shape index (κ3) is 7.30. The summed E-state index contributed by atoms with van der Waals surface area (Å²) >= 11 is 1.64. The quantitative estimate of drug-likeness (QED) is 0.154. The summed E-state index contributed by atoms with van der Waals surface area (Å²) in [4.78, 5) is 8.47. The van der Waals surface area contributed by atoms with Crippen LogP contribution in [0.5, 0.6) is 17.2 Å². The van der Waals surface area contributed by atoms with E-state index in [0.29, 0.717) is 6.54 Å². The van der Waals surface area contributed by atoms with E-state index in [-0.39, 0.29) is 5.75 Å². The van der Waals surface area contributed by atoms with Gasteiger partial charge >= 0.3 is 0 Å². The highest BCUT2D eigenvalue weighted by Crippen LogP contribution is 2.27. The minimum atomic E-state index is 0.259. The summed E-state index contributed by atoms with van der Waals surface area (Å²) in [6.45, 7) is 1.42. The fourth-order valence-electron chi connectivity index (χ4n) is 3.64. The normalized spacial score (nSPS) is 11.2. The van der Waals surface area contributed by atoms with Gasteiger partial charge in [0.2, 0.25) is 0 Å². The number of methoxy groups -OCH3 is 2. The maximum absolute atomic E-state index is 9.77. The molecule has 0 aliphatic rings. The fourth-order valence-corrected chi connectivity index (χ4v) is 4.58. The lowest BCUT2D eigenvalue weighted by atomic mass is 10.1. The van der Waals surface area contributed by atoms with Crippen LogP contribution in [-0.2, 0) is 13.0 Å². The number of hydrogen-bond donors (Lipinski definition) is 1. The van der Waals surface area contributed by atoms with E-state index in [1.165, 1.54) is 5.56 Å². The Balaban J connectivity index is 1.66. The molecular weight excluding hydrogens is 468 g/mol. The lowest BCUT2D eigenvalue weighted by molar-refractivity contribution is 0.413. The molecule has 4 rings (SSSR count). The molecule has 0 fully saturated rings. The second-order valence-electron chi connectivity index (χ2n) is 8.19. The number of amidine groups is 1. The predicted octanol–water partition coefficient (Wildman–Crippen LogP) is 6.93. The Bertz CT molecular complexity index is 1240. The first kappa shape index (κ1) is 25.2. The first-order chi connectivity index (χ1) is 17.6. The van der Waals surface area contributed by atoms with Gasteiger partial charge in [0, 0.05) is 18.0 Å². The monoisotopic (exact) mass is 498 g/mol. The molecule has 0 radical (unpaired) electrons. The average molecular weight is 499 g/mol. The number of aliphatic imine (C=N–C) groups is 1. The molecule has 0 saturated carbocycles. The van der Waals surface area contributed by atoms with Crippen molar-refractivity contribution in [3.8, 4) is 17.2 Å². The van der Waals surface area contributed by atoms with Gasteiger partial charge in [-0.15, -0.1) is 0 Å². The zero-order valence-corrected chi connectivity index (χ0v) is 21.3. The van der Waals surface area contributed by atoms with Gasteiger partial charge < -0.3 is 19.5 Å². The van der Waals surface area contributed by atoms with Crippen molar-refractivity contribution < 1.29 is 14.6 Å². The summed E-state index contributed by atoms with van der Waals surface area (Å²) in [6, 6.07) is 33.6. The Hall–Kier alpha value is -3.90. The van der Waals surface area contributed by atoms with Gasteiger partial charge in [0.05, 0.1) is 19.9 Å². The molecule has 0 unspecified atom stereocenters. The molecule has 0 heterocycles. The van der Waals surface area contributed by atoms with Gasteiger partial charge in [0.25, 0.3) is 0 Å². The van der Waals surface area contributed by atoms with Crippen LogP contribution in [0.1, 0.15) is 11.1 Å². The predicted molar refractivity (Wildman–Crippen MR) is 148 cm³/mol. The summed E-state index contributed by atoms with van der Waals surface area (Å²) in [5, 5.41) is 10.7. The highest BCUT2D eigenvalue weighted by molar-refractivity contribution is 8.13. The van der Waals surface area contributed by atoms with Gasteiger partial charge in [0.1, 0.15) is 17.2 Å². The fraction of sp³-hybridized carbons (Fsp3) is 0.167. The van der Waals surface area contributed by atoms with Crippen molar-refractivity contribution in [1.82, 2.24) is 4.90 Å². The number of phenolic OH excluding ortho intramolecular Hbond substituents is 1. The number of benzene rings is 4. The van der Waals surface area contributed by atoms with Gasteiger partial charge in [-0.05, 0) is 78.2 Å². The van der Waals surface area contributed by atoms with Crippen LogP contribution in [-0.4, -0.2) is 35.9 Å². The van der Waals surface area contributed by atoms with Crippen LogP contribution in [0.25, 0.3) is 0 Å². The number of rotatable bonds is 9. The molecule has 0 aliphatic carbocycles. The molecule has 184 valence electrons. The Morgan fingerprint density at radius 1 is 0.750 bits per heavy atom. The van der Waals surface area contributed by atoms with Crippen molar-refractivity contribution in [2.45, 2.75) is 17.9 Å². The molecule has 4 aromatic rings. The lowest BCUT2D eigenvalue weighted by Crippen LogP contribution is -2.30. The largest absolute Gasteiger partial charge is 0.508 e. The standard InChI is InChI=1S/C30H30N2O3S/c1-34-27-16-10-23(11-17-27)20-21-32(22-24-8-14-26(33)15-9-24)30(36-29-6-4-3-5-7-29)31-25-12-18-28(35-2)19-13-25/h3-19,33H,20-22H2,1-2H3. The third-order valence-electron chi connectivity index (χ3n) is 5.66. The first-order valence-corrected chi connectivity index (χ1v) is 12.6. The molecule has 0 aromatic heterocycles. The molecular formula is C30H30N2O3S. The molecule has 0 aliphatic heterocycles. The van der Waals surface area contributed by atoms with E-state index in [4.69, 9.17) is 14.5 Å². The highest BCUT2D eigenvalue weighted by Gasteiger charge is 2.15. The Labute approximate surface area is 217 Å². The van der Waals surface area contributed by atoms with Crippen LogP contribution in [0.3, 0.4) is 0 Å². The summed E-state index contributed by atoms with van der Waals surface area (Å²) in [5.41, 5.74) is 3.17. The number of ether oxygens (including phenoxy) is 2. The minimum absolute atomic E-state index is 0.259. The molecule has 0 spiro atoms. The molecule has 36 heavy (non-hydrogen) atoms. The van der Waals surface area contributed by atoms with Crippen molar-refractivity contribution in [1.29, 1.82) is 0 Å². The topological polar surface area (TPSA) is 54.3 Å². The van der Waals surface area contributed by atoms with Crippen molar-refractivity contribution in [2.75, 3.05) is 20.8 Å². The minimum Gasteiger partial charge on any atom is -0.508 e. The summed E-state index contributed by atoms with van der Waals surface area (Å²) in [5.74, 6) is 1.90. The number of hydrogen-bond acceptors (Lipinski definition) is 5. The van der Waals surface area contributed by atoms with Gasteiger partial charge in [-0.25, -0.2) is 4.99 Å². The maximum Gasteiger partial charge on any atom is 0.169 e. The average Bonchev–Trinajstić information content (AvgIpc) is 2.93. The molecule has 5 nitrogen and oxygen atoms in total. The molecule has 0 amide bonds. The van der Waals surface area contributed by atoms with Crippen LogP contribution >= 0.6 is 11.8 Å². The Morgan fingerprint density at radius 2 is 1.33 bits per heavy atom. The molecule has 4 aromatic carbocycles. The Morgan fingerprint density at radius 3 is 1.94 bits per heavy atom. The molecule has 0 bridgehead atoms. The van der Waals surface area contributed by atoms with E-state index in [1.54, 1.807) is 38.1 Å². The first-order valence-electron chi connectivity index (χ1n) is 11.7. The van der Waals surface area contributed by atoms with Crippen molar-refractivity contribution in [3.05, 3.63) is 114 Å². The van der Waals surface area contributed by atoms with Crippen LogP contribution in [0.2, 0.25) is 0 Å². The molecule has 0 saturated heterocycles. The van der Waals surface area contributed by atoms with Crippen LogP contribution in [0.15, 0.2) is 113 Å². The summed E-state index contributed by atoms with van der Waals surface area (Å²) in [6.07, 6.45) is 0.846. The lowest BCUT2D eigenvalue weighted by Gasteiger charge is -2.26. The number of nitrogens with zero attached hydrogens (tertiary/aromatic N) is 2. The number of thioether (sulfide) groups is 1. The van der Waals surface area contributed by atoms with E-state index in [0.717, 1.165) is 45.8 Å². The van der Waals surface area contributed by atoms with Crippen LogP contribution in [0, 0.1) is 0 Å². The van der Waals surface area contributed by atoms with E-state index in [1.807, 2.05) is 66.7 Å². The van der Waals surface area contributed by atoms with Crippen LogP contribution < -0.4 is 9.47 Å². The second kappa shape index (κ2) is 12.7.